The summed E-state index contributed by atoms with van der Waals surface area (Å²) >= 11 is 0. The number of amides is 1. The molecule has 0 spiro atoms. The molecule has 1 atom stereocenters. The van der Waals surface area contributed by atoms with E-state index in [1.807, 2.05) is 29.1 Å². The number of hydrogen-bond acceptors (Lipinski definition) is 5. The molecule has 0 aliphatic carbocycles. The van der Waals surface area contributed by atoms with Crippen molar-refractivity contribution < 1.29 is 4.79 Å². The van der Waals surface area contributed by atoms with Crippen molar-refractivity contribution in [1.29, 1.82) is 0 Å². The molecule has 0 unspecified atom stereocenters. The number of pyridine rings is 1. The van der Waals surface area contributed by atoms with Gasteiger partial charge in [-0.15, -0.1) is 0 Å². The first-order valence-electron chi connectivity index (χ1n) is 9.89. The van der Waals surface area contributed by atoms with Crippen LogP contribution < -0.4 is 10.2 Å². The summed E-state index contributed by atoms with van der Waals surface area (Å²) < 4.78 is 1.99. The van der Waals surface area contributed by atoms with Crippen molar-refractivity contribution in [2.45, 2.75) is 37.8 Å². The lowest BCUT2D eigenvalue weighted by atomic mass is 10.0. The SMILES string of the molecule is CN1CCCC[C@@H]1CCNC(=O)c1ccc(N2CC(n3cccn3)C2)nc1. The minimum absolute atomic E-state index is 0.0365. The van der Waals surface area contributed by atoms with Crippen LogP contribution in [0, 0.1) is 0 Å². The molecule has 1 amide bonds. The van der Waals surface area contributed by atoms with Crippen LogP contribution in [0.2, 0.25) is 0 Å². The van der Waals surface area contributed by atoms with Gasteiger partial charge in [0.1, 0.15) is 5.82 Å². The lowest BCUT2D eigenvalue weighted by molar-refractivity contribution is 0.0945. The van der Waals surface area contributed by atoms with E-state index < -0.39 is 0 Å². The molecule has 2 saturated heterocycles. The van der Waals surface area contributed by atoms with Crippen molar-refractivity contribution in [2.24, 2.45) is 0 Å². The zero-order valence-corrected chi connectivity index (χ0v) is 15.9. The summed E-state index contributed by atoms with van der Waals surface area (Å²) in [4.78, 5) is 21.4. The van der Waals surface area contributed by atoms with Gasteiger partial charge in [0, 0.05) is 44.3 Å². The highest BCUT2D eigenvalue weighted by molar-refractivity contribution is 5.94. The molecule has 0 aromatic carbocycles. The first-order chi connectivity index (χ1) is 13.2. The van der Waals surface area contributed by atoms with E-state index in [-0.39, 0.29) is 5.91 Å². The number of nitrogens with zero attached hydrogens (tertiary/aromatic N) is 5. The van der Waals surface area contributed by atoms with Gasteiger partial charge in [0.05, 0.1) is 11.6 Å². The molecule has 2 aliphatic heterocycles. The van der Waals surface area contributed by atoms with Crippen LogP contribution in [-0.4, -0.2) is 64.8 Å². The van der Waals surface area contributed by atoms with E-state index in [4.69, 9.17) is 0 Å². The number of anilines is 1. The van der Waals surface area contributed by atoms with E-state index in [1.165, 1.54) is 25.8 Å². The molecular formula is C20H28N6O. The first kappa shape index (κ1) is 18.0. The number of carbonyl (C=O) groups is 1. The molecule has 4 rings (SSSR count). The Morgan fingerprint density at radius 2 is 2.19 bits per heavy atom. The molecule has 7 heteroatoms. The van der Waals surface area contributed by atoms with E-state index in [0.29, 0.717) is 24.2 Å². The third kappa shape index (κ3) is 4.13. The minimum Gasteiger partial charge on any atom is -0.352 e. The maximum atomic E-state index is 12.4. The Balaban J connectivity index is 1.23. The van der Waals surface area contributed by atoms with E-state index >= 15 is 0 Å². The molecule has 0 radical (unpaired) electrons. The van der Waals surface area contributed by atoms with E-state index in [1.54, 1.807) is 12.4 Å². The van der Waals surface area contributed by atoms with Crippen molar-refractivity contribution in [1.82, 2.24) is 25.0 Å². The largest absolute Gasteiger partial charge is 0.352 e. The number of aromatic nitrogens is 3. The Hall–Kier alpha value is -2.41. The molecule has 7 nitrogen and oxygen atoms in total. The summed E-state index contributed by atoms with van der Waals surface area (Å²) in [7, 11) is 2.18. The highest BCUT2D eigenvalue weighted by Gasteiger charge is 2.29. The van der Waals surface area contributed by atoms with Crippen LogP contribution in [0.1, 0.15) is 42.1 Å². The Morgan fingerprint density at radius 3 is 2.89 bits per heavy atom. The Morgan fingerprint density at radius 1 is 1.30 bits per heavy atom. The highest BCUT2D eigenvalue weighted by atomic mass is 16.1. The molecule has 0 bridgehead atoms. The number of piperidine rings is 1. The fraction of sp³-hybridized carbons (Fsp3) is 0.550. The Kier molecular flexibility index (Phi) is 5.38. The standard InChI is InChI=1S/C20H28N6O/c1-24-11-3-2-5-17(24)8-10-21-20(27)16-6-7-19(22-13-16)25-14-18(15-25)26-12-4-9-23-26/h4,6-7,9,12-13,17-18H,2-3,5,8,10-11,14-15H2,1H3,(H,21,27)/t17-/m1/s1. The summed E-state index contributed by atoms with van der Waals surface area (Å²) in [6.07, 6.45) is 10.3. The number of rotatable bonds is 6. The van der Waals surface area contributed by atoms with Gasteiger partial charge in [-0.3, -0.25) is 9.48 Å². The van der Waals surface area contributed by atoms with Crippen LogP contribution in [0.25, 0.3) is 0 Å². The zero-order valence-electron chi connectivity index (χ0n) is 15.9. The fourth-order valence-corrected chi connectivity index (χ4v) is 3.98. The van der Waals surface area contributed by atoms with Gasteiger partial charge in [-0.1, -0.05) is 6.42 Å². The lowest BCUT2D eigenvalue weighted by Crippen LogP contribution is -2.48. The van der Waals surface area contributed by atoms with Crippen molar-refractivity contribution in [2.75, 3.05) is 38.1 Å². The molecule has 2 fully saturated rings. The summed E-state index contributed by atoms with van der Waals surface area (Å²) in [5, 5.41) is 7.32. The van der Waals surface area contributed by atoms with Crippen molar-refractivity contribution in [3.63, 3.8) is 0 Å². The summed E-state index contributed by atoms with van der Waals surface area (Å²) in [5.41, 5.74) is 0.625. The third-order valence-electron chi connectivity index (χ3n) is 5.78. The van der Waals surface area contributed by atoms with Gasteiger partial charge in [0.2, 0.25) is 0 Å². The molecule has 0 saturated carbocycles. The normalized spacial score (nSPS) is 21.1. The predicted octanol–water partition coefficient (Wildman–Crippen LogP) is 1.94. The van der Waals surface area contributed by atoms with Gasteiger partial charge in [-0.05, 0) is 51.1 Å². The molecule has 2 aromatic heterocycles. The van der Waals surface area contributed by atoms with Crippen LogP contribution in [0.4, 0.5) is 5.82 Å². The maximum absolute atomic E-state index is 12.4. The second-order valence-electron chi connectivity index (χ2n) is 7.62. The van der Waals surface area contributed by atoms with Crippen LogP contribution in [0.15, 0.2) is 36.8 Å². The number of nitrogens with one attached hydrogen (secondary N) is 1. The number of carbonyl (C=O) groups excluding carboxylic acids is 1. The van der Waals surface area contributed by atoms with Crippen molar-refractivity contribution in [3.8, 4) is 0 Å². The summed E-state index contributed by atoms with van der Waals surface area (Å²) in [5.74, 6) is 0.879. The minimum atomic E-state index is -0.0365. The molecule has 144 valence electrons. The van der Waals surface area contributed by atoms with Crippen molar-refractivity contribution in [3.05, 3.63) is 42.4 Å². The molecule has 27 heavy (non-hydrogen) atoms. The lowest BCUT2D eigenvalue weighted by Gasteiger charge is -2.40. The van der Waals surface area contributed by atoms with E-state index in [0.717, 1.165) is 25.3 Å². The molecule has 4 heterocycles. The monoisotopic (exact) mass is 368 g/mol. The van der Waals surface area contributed by atoms with E-state index in [9.17, 15) is 4.79 Å². The molecule has 1 N–H and O–H groups in total. The third-order valence-corrected chi connectivity index (χ3v) is 5.78. The average molecular weight is 368 g/mol. The van der Waals surface area contributed by atoms with Gasteiger partial charge >= 0.3 is 0 Å². The summed E-state index contributed by atoms with van der Waals surface area (Å²) in [6.45, 7) is 3.68. The molecule has 2 aliphatic rings. The fourth-order valence-electron chi connectivity index (χ4n) is 3.98. The van der Waals surface area contributed by atoms with Crippen LogP contribution in [0.3, 0.4) is 0 Å². The van der Waals surface area contributed by atoms with Crippen LogP contribution in [-0.2, 0) is 0 Å². The Bertz CT molecular complexity index is 738. The second-order valence-corrected chi connectivity index (χ2v) is 7.62. The quantitative estimate of drug-likeness (QED) is 0.844. The van der Waals surface area contributed by atoms with Gasteiger partial charge < -0.3 is 15.1 Å². The van der Waals surface area contributed by atoms with Crippen LogP contribution >= 0.6 is 0 Å². The number of likely N-dealkylation sites (tertiary alicyclic amines) is 1. The number of hydrogen-bond donors (Lipinski definition) is 1. The smallest absolute Gasteiger partial charge is 0.252 e. The topological polar surface area (TPSA) is 66.3 Å². The van der Waals surface area contributed by atoms with Gasteiger partial charge in [0.15, 0.2) is 0 Å². The van der Waals surface area contributed by atoms with Gasteiger partial charge in [-0.25, -0.2) is 4.98 Å². The average Bonchev–Trinajstić information content (AvgIpc) is 3.17. The first-order valence-corrected chi connectivity index (χ1v) is 9.89. The maximum Gasteiger partial charge on any atom is 0.252 e. The zero-order chi connectivity index (χ0) is 18.6. The predicted molar refractivity (Wildman–Crippen MR) is 105 cm³/mol. The second kappa shape index (κ2) is 8.08. The van der Waals surface area contributed by atoms with Crippen molar-refractivity contribution >= 4 is 11.7 Å². The van der Waals surface area contributed by atoms with Crippen LogP contribution in [0.5, 0.6) is 0 Å². The molecule has 2 aromatic rings. The van der Waals surface area contributed by atoms with Gasteiger partial charge in [0.25, 0.3) is 5.91 Å². The van der Waals surface area contributed by atoms with Gasteiger partial charge in [-0.2, -0.15) is 5.10 Å². The molecular weight excluding hydrogens is 340 g/mol. The highest BCUT2D eigenvalue weighted by Crippen LogP contribution is 2.25. The van der Waals surface area contributed by atoms with E-state index in [2.05, 4.69) is 32.2 Å². The summed E-state index contributed by atoms with van der Waals surface area (Å²) in [6, 6.07) is 6.74. The Labute approximate surface area is 160 Å².